The molecule has 1 aliphatic carbocycles. The van der Waals surface area contributed by atoms with E-state index in [1.165, 1.54) is 62.9 Å². The van der Waals surface area contributed by atoms with Crippen molar-refractivity contribution in [3.63, 3.8) is 0 Å². The summed E-state index contributed by atoms with van der Waals surface area (Å²) < 4.78 is 22.0. The van der Waals surface area contributed by atoms with E-state index in [1.807, 2.05) is 24.3 Å². The quantitative estimate of drug-likeness (QED) is 0.149. The van der Waals surface area contributed by atoms with E-state index in [4.69, 9.17) is 16.3 Å². The number of aldehydes is 1. The maximum absolute atomic E-state index is 12.5. The van der Waals surface area contributed by atoms with Gasteiger partial charge < -0.3 is 9.64 Å². The molecule has 0 radical (unpaired) electrons. The molecular formula is C42H61ClN4O3S. The van der Waals surface area contributed by atoms with Crippen molar-refractivity contribution >= 4 is 34.6 Å². The molecule has 3 heterocycles. The number of nitrogens with zero attached hydrogens (tertiary/aromatic N) is 3. The van der Waals surface area contributed by atoms with Crippen molar-refractivity contribution in [2.75, 3.05) is 64.4 Å². The number of fused-ring (bicyclic) bond motifs is 2. The minimum atomic E-state index is -1.02. The molecule has 8 atom stereocenters. The lowest BCUT2D eigenvalue weighted by molar-refractivity contribution is 0.0283. The Labute approximate surface area is 315 Å². The zero-order valence-electron chi connectivity index (χ0n) is 31.4. The number of allylic oxidation sites excluding steroid dienone is 1. The average Bonchev–Trinajstić information content (AvgIpc) is 3.31. The Balaban J connectivity index is 1.23. The molecule has 0 spiro atoms. The molecule has 280 valence electrons. The number of hydrogen-bond acceptors (Lipinski definition) is 6. The summed E-state index contributed by atoms with van der Waals surface area (Å²) in [6.07, 6.45) is 15.4. The van der Waals surface area contributed by atoms with Gasteiger partial charge in [-0.3, -0.25) is 14.6 Å². The van der Waals surface area contributed by atoms with E-state index in [-0.39, 0.29) is 11.2 Å². The van der Waals surface area contributed by atoms with Crippen molar-refractivity contribution in [3.05, 3.63) is 70.3 Å². The van der Waals surface area contributed by atoms with Gasteiger partial charge in [-0.25, -0.2) is 8.93 Å². The fraction of sp³-hybridized carbons (Fsp3) is 0.643. The van der Waals surface area contributed by atoms with Crippen LogP contribution in [0.5, 0.6) is 5.75 Å². The van der Waals surface area contributed by atoms with Gasteiger partial charge in [0, 0.05) is 67.1 Å². The van der Waals surface area contributed by atoms with Crippen molar-refractivity contribution in [2.24, 2.45) is 23.7 Å². The number of piperidine rings is 1. The van der Waals surface area contributed by atoms with Gasteiger partial charge in [0.15, 0.2) is 0 Å². The highest BCUT2D eigenvalue weighted by molar-refractivity contribution is 7.83. The number of ether oxygens (including phenoxy) is 1. The minimum Gasteiger partial charge on any atom is -0.491 e. The molecule has 0 amide bonds. The molecule has 2 aromatic carbocycles. The summed E-state index contributed by atoms with van der Waals surface area (Å²) in [5.74, 6) is 3.02. The van der Waals surface area contributed by atoms with Crippen LogP contribution in [-0.2, 0) is 17.4 Å². The lowest BCUT2D eigenvalue weighted by atomic mass is 9.66. The molecule has 0 bridgehead atoms. The third-order valence-corrected chi connectivity index (χ3v) is 14.3. The maximum atomic E-state index is 12.5. The first-order chi connectivity index (χ1) is 24.8. The fourth-order valence-electron chi connectivity index (χ4n) is 9.15. The van der Waals surface area contributed by atoms with Crippen LogP contribution in [0, 0.1) is 23.7 Å². The molecule has 4 aliphatic rings. The molecular weight excluding hydrogens is 676 g/mol. The van der Waals surface area contributed by atoms with Crippen molar-refractivity contribution in [1.29, 1.82) is 0 Å². The second kappa shape index (κ2) is 18.2. The zero-order valence-corrected chi connectivity index (χ0v) is 33.0. The fourth-order valence-corrected chi connectivity index (χ4v) is 10.3. The highest BCUT2D eigenvalue weighted by Gasteiger charge is 2.40. The SMILES string of the molecule is CCCc1cc(Cl)ccc1C1COc2ccc(C=O)cc2N(CC2CCC2C(/C=C/CC(C)C(C)S(=O)NC)CN2CCN3CCCCC3C2)C1. The van der Waals surface area contributed by atoms with Crippen LogP contribution in [0.25, 0.3) is 0 Å². The van der Waals surface area contributed by atoms with Gasteiger partial charge in [-0.2, -0.15) is 0 Å². The highest BCUT2D eigenvalue weighted by atomic mass is 35.5. The Morgan fingerprint density at radius 2 is 1.92 bits per heavy atom. The molecule has 8 unspecified atom stereocenters. The molecule has 51 heavy (non-hydrogen) atoms. The maximum Gasteiger partial charge on any atom is 0.150 e. The normalized spacial score (nSPS) is 26.6. The molecule has 1 N–H and O–H groups in total. The highest BCUT2D eigenvalue weighted by Crippen LogP contribution is 2.44. The summed E-state index contributed by atoms with van der Waals surface area (Å²) in [6.45, 7) is 14.8. The topological polar surface area (TPSA) is 65.1 Å². The van der Waals surface area contributed by atoms with Crippen molar-refractivity contribution in [1.82, 2.24) is 14.5 Å². The Morgan fingerprint density at radius 3 is 2.69 bits per heavy atom. The summed E-state index contributed by atoms with van der Waals surface area (Å²) in [6, 6.07) is 13.0. The number of carbonyl (C=O) groups is 1. The first-order valence-corrected chi connectivity index (χ1v) is 21.3. The van der Waals surface area contributed by atoms with Crippen LogP contribution in [0.1, 0.15) is 93.1 Å². The van der Waals surface area contributed by atoms with Gasteiger partial charge in [0.2, 0.25) is 0 Å². The molecule has 1 saturated carbocycles. The third-order valence-electron chi connectivity index (χ3n) is 12.5. The monoisotopic (exact) mass is 736 g/mol. The number of halogens is 1. The predicted octanol–water partition coefficient (Wildman–Crippen LogP) is 7.75. The number of benzene rings is 2. The summed E-state index contributed by atoms with van der Waals surface area (Å²) in [7, 11) is 0.763. The molecule has 2 aromatic rings. The number of carbonyl (C=O) groups excluding carboxylic acids is 1. The minimum absolute atomic E-state index is 0.0990. The predicted molar refractivity (Wildman–Crippen MR) is 213 cm³/mol. The number of anilines is 1. The van der Waals surface area contributed by atoms with Crippen LogP contribution in [0.4, 0.5) is 5.69 Å². The van der Waals surface area contributed by atoms with Gasteiger partial charge >= 0.3 is 0 Å². The van der Waals surface area contributed by atoms with E-state index in [9.17, 15) is 9.00 Å². The second-order valence-electron chi connectivity index (χ2n) is 15.8. The molecule has 9 heteroatoms. The van der Waals surface area contributed by atoms with E-state index in [1.54, 1.807) is 7.05 Å². The van der Waals surface area contributed by atoms with Gasteiger partial charge in [0.05, 0.1) is 23.3 Å². The summed E-state index contributed by atoms with van der Waals surface area (Å²) >= 11 is 6.49. The van der Waals surface area contributed by atoms with E-state index >= 15 is 0 Å². The standard InChI is InChI=1S/C42H61ClN4O3S/c1-5-9-33-23-37(43)15-17-39(33)36-26-47(41-22-32(28-48)13-18-42(41)50-29-36)25-35-14-16-40(35)34(11-8-10-30(2)31(3)51(49)44-4)24-45-20-21-46-19-7-6-12-38(46)27-45/h8,11,13,15,17-18,22-23,28,30-31,34-36,38,40,44H,5-7,9-10,12,14,16,19-21,24-27,29H2,1-4H3/b11-8+. The smallest absolute Gasteiger partial charge is 0.150 e. The number of nitrogens with one attached hydrogen (secondary N) is 1. The van der Waals surface area contributed by atoms with Crippen LogP contribution < -0.4 is 14.4 Å². The first kappa shape index (κ1) is 38.5. The van der Waals surface area contributed by atoms with Crippen LogP contribution in [0.2, 0.25) is 5.02 Å². The van der Waals surface area contributed by atoms with Gasteiger partial charge in [-0.15, -0.1) is 0 Å². The Kier molecular flexibility index (Phi) is 13.7. The largest absolute Gasteiger partial charge is 0.491 e. The number of rotatable bonds is 15. The molecule has 6 rings (SSSR count). The van der Waals surface area contributed by atoms with Gasteiger partial charge in [-0.05, 0) is 124 Å². The zero-order chi connectivity index (χ0) is 35.9. The summed E-state index contributed by atoms with van der Waals surface area (Å²) in [4.78, 5) is 20.0. The van der Waals surface area contributed by atoms with Crippen molar-refractivity contribution in [2.45, 2.75) is 89.3 Å². The van der Waals surface area contributed by atoms with E-state index < -0.39 is 11.0 Å². The first-order valence-electron chi connectivity index (χ1n) is 19.7. The third kappa shape index (κ3) is 9.48. The van der Waals surface area contributed by atoms with Crippen LogP contribution >= 0.6 is 11.6 Å². The van der Waals surface area contributed by atoms with E-state index in [0.717, 1.165) is 68.2 Å². The van der Waals surface area contributed by atoms with Gasteiger partial charge in [0.1, 0.15) is 12.0 Å². The summed E-state index contributed by atoms with van der Waals surface area (Å²) in [5, 5.41) is 0.884. The molecule has 0 aromatic heterocycles. The van der Waals surface area contributed by atoms with Crippen LogP contribution in [0.3, 0.4) is 0 Å². The van der Waals surface area contributed by atoms with Gasteiger partial charge in [0.25, 0.3) is 0 Å². The van der Waals surface area contributed by atoms with E-state index in [2.05, 4.69) is 64.5 Å². The van der Waals surface area contributed by atoms with Crippen molar-refractivity contribution < 1.29 is 13.7 Å². The second-order valence-corrected chi connectivity index (χ2v) is 18.0. The number of piperazine rings is 1. The number of hydrogen-bond donors (Lipinski definition) is 1. The van der Waals surface area contributed by atoms with Crippen LogP contribution in [-0.4, -0.2) is 91.1 Å². The lowest BCUT2D eigenvalue weighted by Crippen LogP contribution is -2.56. The van der Waals surface area contributed by atoms with Crippen molar-refractivity contribution in [3.8, 4) is 5.75 Å². The Hall–Kier alpha value is -2.23. The molecule has 3 aliphatic heterocycles. The average molecular weight is 737 g/mol. The molecule has 3 fully saturated rings. The Bertz CT molecular complexity index is 1520. The molecule has 7 nitrogen and oxygen atoms in total. The van der Waals surface area contributed by atoms with Gasteiger partial charge in [-0.1, -0.05) is 56.5 Å². The number of aryl methyl sites for hydroxylation is 1. The van der Waals surface area contributed by atoms with E-state index in [0.29, 0.717) is 41.9 Å². The lowest BCUT2D eigenvalue weighted by Gasteiger charge is -2.48. The molecule has 2 saturated heterocycles. The Morgan fingerprint density at radius 1 is 1.06 bits per heavy atom. The van der Waals surface area contributed by atoms with Crippen LogP contribution in [0.15, 0.2) is 48.6 Å². The summed E-state index contributed by atoms with van der Waals surface area (Å²) in [5.41, 5.74) is 4.36.